The minimum Gasteiger partial charge on any atom is -0.507 e. The number of phenolic OH excluding ortho intramolecular Hbond substituents is 1. The molecular weight excluding hydrogens is 444 g/mol. The molecule has 6 nitrogen and oxygen atoms in total. The number of aliphatic hydroxyl groups excluding tert-OH is 1. The Bertz CT molecular complexity index is 1040. The Labute approximate surface area is 200 Å². The summed E-state index contributed by atoms with van der Waals surface area (Å²) in [5.41, 5.74) is -0.0309. The van der Waals surface area contributed by atoms with E-state index in [0.717, 1.165) is 5.57 Å². The maximum atomic E-state index is 13.0. The smallest absolute Gasteiger partial charge is 0.340 e. The number of benzene rings is 1. The lowest BCUT2D eigenvalue weighted by Gasteiger charge is -2.44. The van der Waals surface area contributed by atoms with Gasteiger partial charge in [0, 0.05) is 17.5 Å². The van der Waals surface area contributed by atoms with Crippen molar-refractivity contribution in [3.8, 4) is 5.75 Å². The maximum Gasteiger partial charge on any atom is 0.340 e. The highest BCUT2D eigenvalue weighted by Gasteiger charge is 2.48. The van der Waals surface area contributed by atoms with Gasteiger partial charge in [0.1, 0.15) is 23.2 Å². The first-order valence-corrected chi connectivity index (χ1v) is 11.1. The van der Waals surface area contributed by atoms with Crippen LogP contribution in [0.5, 0.6) is 5.75 Å². The molecule has 0 radical (unpaired) electrons. The summed E-state index contributed by atoms with van der Waals surface area (Å²) in [5.74, 6) is -1.50. The minimum atomic E-state index is -0.966. The van der Waals surface area contributed by atoms with Crippen molar-refractivity contribution in [2.24, 2.45) is 10.8 Å². The van der Waals surface area contributed by atoms with Gasteiger partial charge in [-0.15, -0.1) is 0 Å². The van der Waals surface area contributed by atoms with Gasteiger partial charge in [0.25, 0.3) is 0 Å². The average Bonchev–Trinajstić information content (AvgIpc) is 2.67. The number of rotatable bonds is 6. The summed E-state index contributed by atoms with van der Waals surface area (Å²) >= 11 is 5.87. The Balaban J connectivity index is 2.67. The van der Waals surface area contributed by atoms with E-state index in [-0.39, 0.29) is 22.6 Å². The lowest BCUT2D eigenvalue weighted by molar-refractivity contribution is -0.145. The van der Waals surface area contributed by atoms with Gasteiger partial charge in [-0.25, -0.2) is 4.79 Å². The summed E-state index contributed by atoms with van der Waals surface area (Å²) < 4.78 is 11.1. The molecule has 1 aliphatic carbocycles. The van der Waals surface area contributed by atoms with E-state index in [4.69, 9.17) is 21.1 Å². The summed E-state index contributed by atoms with van der Waals surface area (Å²) in [5, 5.41) is 21.6. The Morgan fingerprint density at radius 3 is 2.30 bits per heavy atom. The highest BCUT2D eigenvalue weighted by molar-refractivity contribution is 6.31. The highest BCUT2D eigenvalue weighted by atomic mass is 35.5. The van der Waals surface area contributed by atoms with Crippen LogP contribution in [0.25, 0.3) is 0 Å². The molecule has 1 aromatic rings. The van der Waals surface area contributed by atoms with Crippen molar-refractivity contribution >= 4 is 23.4 Å². The second kappa shape index (κ2) is 9.74. The molecule has 0 aliphatic heterocycles. The highest BCUT2D eigenvalue weighted by Crippen LogP contribution is 2.50. The zero-order valence-electron chi connectivity index (χ0n) is 20.4. The minimum absolute atomic E-state index is 0.00987. The lowest BCUT2D eigenvalue weighted by atomic mass is 9.64. The quantitative estimate of drug-likeness (QED) is 0.299. The van der Waals surface area contributed by atoms with E-state index in [0.29, 0.717) is 10.6 Å². The van der Waals surface area contributed by atoms with Gasteiger partial charge < -0.3 is 19.7 Å². The molecule has 0 bridgehead atoms. The van der Waals surface area contributed by atoms with Crippen LogP contribution in [0.2, 0.25) is 5.02 Å². The van der Waals surface area contributed by atoms with Crippen molar-refractivity contribution < 1.29 is 29.3 Å². The van der Waals surface area contributed by atoms with Crippen molar-refractivity contribution in [3.63, 3.8) is 0 Å². The van der Waals surface area contributed by atoms with Gasteiger partial charge in [0.2, 0.25) is 0 Å². The predicted molar refractivity (Wildman–Crippen MR) is 129 cm³/mol. The first-order chi connectivity index (χ1) is 15.1. The molecule has 33 heavy (non-hydrogen) atoms. The third-order valence-corrected chi connectivity index (χ3v) is 6.07. The fourth-order valence-corrected chi connectivity index (χ4v) is 4.39. The van der Waals surface area contributed by atoms with Crippen molar-refractivity contribution in [2.45, 2.75) is 60.7 Å². The van der Waals surface area contributed by atoms with Crippen LogP contribution in [0.1, 0.15) is 58.8 Å². The third-order valence-electron chi connectivity index (χ3n) is 5.84. The molecule has 2 unspecified atom stereocenters. The summed E-state index contributed by atoms with van der Waals surface area (Å²) in [4.78, 5) is 25.9. The van der Waals surface area contributed by atoms with Crippen LogP contribution in [0.4, 0.5) is 0 Å². The van der Waals surface area contributed by atoms with E-state index < -0.39 is 34.8 Å². The van der Waals surface area contributed by atoms with Crippen molar-refractivity contribution in [2.75, 3.05) is 7.11 Å². The molecule has 0 saturated carbocycles. The van der Waals surface area contributed by atoms with E-state index in [1.165, 1.54) is 31.4 Å². The number of carbonyl (C=O) groups excluding carboxylic acids is 2. The zero-order valence-corrected chi connectivity index (χ0v) is 21.2. The number of aromatic hydroxyl groups is 1. The van der Waals surface area contributed by atoms with E-state index in [1.807, 2.05) is 34.6 Å². The van der Waals surface area contributed by atoms with Crippen LogP contribution in [0, 0.1) is 10.8 Å². The molecule has 7 heteroatoms. The lowest BCUT2D eigenvalue weighted by Crippen LogP contribution is -2.44. The number of esters is 1. The number of phenols is 1. The monoisotopic (exact) mass is 476 g/mol. The number of hydrogen-bond donors (Lipinski definition) is 2. The molecule has 1 aliphatic rings. The van der Waals surface area contributed by atoms with Crippen LogP contribution >= 0.6 is 11.6 Å². The van der Waals surface area contributed by atoms with Crippen LogP contribution in [0.3, 0.4) is 0 Å². The molecule has 0 heterocycles. The number of aliphatic hydroxyl groups is 1. The van der Waals surface area contributed by atoms with E-state index >= 15 is 0 Å². The summed E-state index contributed by atoms with van der Waals surface area (Å²) in [6, 6.07) is 4.26. The molecule has 1 aromatic carbocycles. The van der Waals surface area contributed by atoms with Crippen LogP contribution in [-0.4, -0.2) is 41.3 Å². The molecule has 0 saturated heterocycles. The molecule has 0 fully saturated rings. The van der Waals surface area contributed by atoms with Gasteiger partial charge in [0.15, 0.2) is 5.78 Å². The van der Waals surface area contributed by atoms with Gasteiger partial charge in [-0.2, -0.15) is 0 Å². The standard InChI is InChI=1S/C26H33ClO6/c1-14(2)33-24(31)20-22(30)21(25(4,5)6)15(3)26(7,23(20)32-8)12-11-18(28)17-10-9-16(27)13-19(17)29/h9-14,23,29-30H,1-8H3. The maximum absolute atomic E-state index is 13.0. The summed E-state index contributed by atoms with van der Waals surface area (Å²) in [7, 11) is 1.44. The Kier molecular flexibility index (Phi) is 7.87. The number of ketones is 1. The van der Waals surface area contributed by atoms with E-state index in [9.17, 15) is 19.8 Å². The fourth-order valence-electron chi connectivity index (χ4n) is 4.23. The number of hydrogen-bond acceptors (Lipinski definition) is 6. The van der Waals surface area contributed by atoms with Crippen molar-refractivity contribution in [1.82, 2.24) is 0 Å². The number of allylic oxidation sites excluding steroid dienone is 2. The average molecular weight is 477 g/mol. The third kappa shape index (κ3) is 5.33. The first-order valence-electron chi connectivity index (χ1n) is 10.8. The molecular formula is C26H33ClO6. The molecule has 2 rings (SSSR count). The van der Waals surface area contributed by atoms with Gasteiger partial charge in [-0.3, -0.25) is 4.79 Å². The van der Waals surface area contributed by atoms with Crippen molar-refractivity contribution in [1.29, 1.82) is 0 Å². The second-order valence-corrected chi connectivity index (χ2v) is 10.2. The van der Waals surface area contributed by atoms with Crippen LogP contribution in [-0.2, 0) is 14.3 Å². The Morgan fingerprint density at radius 1 is 1.21 bits per heavy atom. The van der Waals surface area contributed by atoms with Crippen LogP contribution in [0.15, 0.2) is 52.8 Å². The predicted octanol–water partition coefficient (Wildman–Crippen LogP) is 5.95. The number of ether oxygens (including phenoxy) is 2. The van der Waals surface area contributed by atoms with E-state index in [2.05, 4.69) is 0 Å². The molecule has 0 spiro atoms. The molecule has 2 N–H and O–H groups in total. The second-order valence-electron chi connectivity index (χ2n) is 9.72. The topological polar surface area (TPSA) is 93.1 Å². The summed E-state index contributed by atoms with van der Waals surface area (Å²) in [6.45, 7) is 12.9. The van der Waals surface area contributed by atoms with Crippen LogP contribution < -0.4 is 0 Å². The number of carbonyl (C=O) groups is 2. The van der Waals surface area contributed by atoms with Crippen molar-refractivity contribution in [3.05, 3.63) is 63.4 Å². The molecule has 180 valence electrons. The molecule has 0 aromatic heterocycles. The van der Waals surface area contributed by atoms with Gasteiger partial charge in [-0.05, 0) is 63.0 Å². The molecule has 2 atom stereocenters. The van der Waals surface area contributed by atoms with Gasteiger partial charge in [-0.1, -0.05) is 44.0 Å². The zero-order chi connectivity index (χ0) is 25.3. The van der Waals surface area contributed by atoms with Gasteiger partial charge >= 0.3 is 5.97 Å². The Hall–Kier alpha value is -2.57. The summed E-state index contributed by atoms with van der Waals surface area (Å²) in [6.07, 6.45) is 1.69. The number of halogens is 1. The Morgan fingerprint density at radius 2 is 1.82 bits per heavy atom. The SMILES string of the molecule is COC1C(C(=O)OC(C)C)=C(O)C(C(C)(C)C)=C(C)C1(C)C=CC(=O)c1ccc(Cl)cc1O. The van der Waals surface area contributed by atoms with Gasteiger partial charge in [0.05, 0.1) is 11.7 Å². The normalized spacial score (nSPS) is 21.8. The fraction of sp³-hybridized carbons (Fsp3) is 0.462. The van der Waals surface area contributed by atoms with E-state index in [1.54, 1.807) is 19.9 Å². The first kappa shape index (κ1) is 26.7. The largest absolute Gasteiger partial charge is 0.507 e. The number of methoxy groups -OCH3 is 1. The molecule has 0 amide bonds.